The summed E-state index contributed by atoms with van der Waals surface area (Å²) in [6, 6.07) is 20.8. The number of hydrogen-bond donors (Lipinski definition) is 0. The summed E-state index contributed by atoms with van der Waals surface area (Å²) in [4.78, 5) is 17.7. The van der Waals surface area contributed by atoms with E-state index < -0.39 is 10.0 Å². The van der Waals surface area contributed by atoms with Gasteiger partial charge in [0.25, 0.3) is 10.0 Å². The number of para-hydroxylation sites is 2. The Morgan fingerprint density at radius 2 is 1.55 bits per heavy atom. The number of rotatable bonds is 3. The zero-order chi connectivity index (χ0) is 21.6. The van der Waals surface area contributed by atoms with Gasteiger partial charge in [0.15, 0.2) is 0 Å². The van der Waals surface area contributed by atoms with Gasteiger partial charge < -0.3 is 0 Å². The predicted molar refractivity (Wildman–Crippen MR) is 120 cm³/mol. The van der Waals surface area contributed by atoms with Crippen LogP contribution in [-0.2, 0) is 10.0 Å². The molecule has 1 heterocycles. The van der Waals surface area contributed by atoms with Crippen LogP contribution in [0.3, 0.4) is 0 Å². The quantitative estimate of drug-likeness (QED) is 0.489. The first-order valence-corrected chi connectivity index (χ1v) is 11.1. The van der Waals surface area contributed by atoms with Gasteiger partial charge in [-0.15, -0.1) is 0 Å². The standard InChI is InChI=1S/C24H17N3O3S/c1-16-10-12-17(13-11-16)31(29,30)26-21-14-23(24(28)19-7-3-2-6-18(19)21)27-15-25-20-8-4-5-9-22(20)27/h2-15H,1H3. The van der Waals surface area contributed by atoms with E-state index in [1.54, 1.807) is 47.3 Å². The normalized spacial score (nSPS) is 15.2. The highest BCUT2D eigenvalue weighted by Crippen LogP contribution is 2.28. The van der Waals surface area contributed by atoms with Crippen LogP contribution in [0.15, 0.2) is 94.5 Å². The van der Waals surface area contributed by atoms with Gasteiger partial charge in [0.2, 0.25) is 5.78 Å². The van der Waals surface area contributed by atoms with E-state index in [4.69, 9.17) is 0 Å². The number of nitrogens with zero attached hydrogens (tertiary/aromatic N) is 3. The van der Waals surface area contributed by atoms with Gasteiger partial charge in [-0.2, -0.15) is 12.8 Å². The molecule has 0 aliphatic heterocycles. The van der Waals surface area contributed by atoms with Crippen LogP contribution in [-0.4, -0.2) is 29.5 Å². The molecular formula is C24H17N3O3S. The molecule has 3 aromatic carbocycles. The van der Waals surface area contributed by atoms with Crippen molar-refractivity contribution >= 4 is 38.2 Å². The molecule has 0 fully saturated rings. The van der Waals surface area contributed by atoms with Crippen molar-refractivity contribution < 1.29 is 13.2 Å². The summed E-state index contributed by atoms with van der Waals surface area (Å²) in [6.45, 7) is 1.88. The molecule has 0 saturated carbocycles. The van der Waals surface area contributed by atoms with Gasteiger partial charge in [-0.05, 0) is 37.3 Å². The fourth-order valence-corrected chi connectivity index (χ4v) is 4.61. The molecule has 0 spiro atoms. The molecule has 0 unspecified atom stereocenters. The van der Waals surface area contributed by atoms with E-state index in [9.17, 15) is 13.2 Å². The second kappa shape index (κ2) is 7.14. The average Bonchev–Trinajstić information content (AvgIpc) is 3.20. The van der Waals surface area contributed by atoms with Crippen LogP contribution >= 0.6 is 0 Å². The summed E-state index contributed by atoms with van der Waals surface area (Å²) >= 11 is 0. The molecule has 0 saturated heterocycles. The number of carbonyl (C=O) groups excluding carboxylic acids is 1. The van der Waals surface area contributed by atoms with Crippen molar-refractivity contribution in [2.24, 2.45) is 4.40 Å². The van der Waals surface area contributed by atoms with Crippen LogP contribution in [0.4, 0.5) is 0 Å². The molecule has 1 aliphatic rings. The number of fused-ring (bicyclic) bond motifs is 2. The Labute approximate surface area is 179 Å². The van der Waals surface area contributed by atoms with Crippen LogP contribution in [0.1, 0.15) is 21.5 Å². The van der Waals surface area contributed by atoms with Gasteiger partial charge in [0.05, 0.1) is 27.3 Å². The van der Waals surface area contributed by atoms with E-state index >= 15 is 0 Å². The van der Waals surface area contributed by atoms with Gasteiger partial charge in [0, 0.05) is 11.1 Å². The molecule has 152 valence electrons. The Bertz CT molecular complexity index is 1510. The maximum absolute atomic E-state index is 13.3. The molecule has 1 aromatic heterocycles. The number of carbonyl (C=O) groups is 1. The molecular weight excluding hydrogens is 410 g/mol. The molecule has 5 rings (SSSR count). The molecule has 0 amide bonds. The largest absolute Gasteiger partial charge is 0.295 e. The highest BCUT2D eigenvalue weighted by atomic mass is 32.2. The maximum Gasteiger partial charge on any atom is 0.282 e. The monoisotopic (exact) mass is 427 g/mol. The molecule has 0 bridgehead atoms. The Kier molecular flexibility index (Phi) is 4.41. The van der Waals surface area contributed by atoms with Crippen molar-refractivity contribution in [1.29, 1.82) is 0 Å². The molecule has 4 aromatic rings. The molecule has 0 radical (unpaired) electrons. The van der Waals surface area contributed by atoms with E-state index in [0.29, 0.717) is 16.8 Å². The topological polar surface area (TPSA) is 81.4 Å². The van der Waals surface area contributed by atoms with Crippen LogP contribution in [0.25, 0.3) is 16.7 Å². The zero-order valence-electron chi connectivity index (χ0n) is 16.6. The molecule has 0 N–H and O–H groups in total. The van der Waals surface area contributed by atoms with Gasteiger partial charge in [-0.1, -0.05) is 54.1 Å². The van der Waals surface area contributed by atoms with E-state index in [0.717, 1.165) is 16.6 Å². The Hall–Kier alpha value is -3.84. The summed E-state index contributed by atoms with van der Waals surface area (Å²) in [5.41, 5.74) is 3.83. The van der Waals surface area contributed by atoms with E-state index in [1.807, 2.05) is 31.2 Å². The van der Waals surface area contributed by atoms with Crippen LogP contribution in [0, 0.1) is 6.92 Å². The molecule has 7 heteroatoms. The summed E-state index contributed by atoms with van der Waals surface area (Å²) < 4.78 is 31.8. The van der Waals surface area contributed by atoms with Crippen molar-refractivity contribution in [2.45, 2.75) is 11.8 Å². The smallest absolute Gasteiger partial charge is 0.282 e. The third-order valence-corrected chi connectivity index (χ3v) is 6.51. The van der Waals surface area contributed by atoms with Crippen molar-refractivity contribution in [3.05, 3.63) is 102 Å². The number of ketones is 1. The lowest BCUT2D eigenvalue weighted by molar-refractivity contribution is 0.105. The van der Waals surface area contributed by atoms with Gasteiger partial charge in [-0.3, -0.25) is 9.36 Å². The Morgan fingerprint density at radius 1 is 0.871 bits per heavy atom. The minimum Gasteiger partial charge on any atom is -0.295 e. The fourth-order valence-electron chi connectivity index (χ4n) is 3.61. The zero-order valence-corrected chi connectivity index (χ0v) is 17.4. The van der Waals surface area contributed by atoms with Crippen molar-refractivity contribution in [2.75, 3.05) is 0 Å². The first kappa shape index (κ1) is 19.1. The molecule has 1 aliphatic carbocycles. The number of imidazole rings is 1. The summed E-state index contributed by atoms with van der Waals surface area (Å²) in [7, 11) is -3.96. The lowest BCUT2D eigenvalue weighted by Gasteiger charge is -2.18. The summed E-state index contributed by atoms with van der Waals surface area (Å²) in [5.74, 6) is -0.217. The number of sulfonamides is 1. The van der Waals surface area contributed by atoms with Crippen LogP contribution in [0.2, 0.25) is 0 Å². The average molecular weight is 427 g/mol. The number of aromatic nitrogens is 2. The summed E-state index contributed by atoms with van der Waals surface area (Å²) in [6.07, 6.45) is 3.08. The van der Waals surface area contributed by atoms with E-state index in [1.165, 1.54) is 18.2 Å². The second-order valence-electron chi connectivity index (χ2n) is 7.27. The van der Waals surface area contributed by atoms with Gasteiger partial charge in [0.1, 0.15) is 6.33 Å². The predicted octanol–water partition coefficient (Wildman–Crippen LogP) is 4.26. The lowest BCUT2D eigenvalue weighted by atomic mass is 9.92. The highest BCUT2D eigenvalue weighted by molar-refractivity contribution is 7.90. The SMILES string of the molecule is Cc1ccc(S(=O)(=O)N=C2C=C(n3cnc4ccccc43)C(=O)c3ccccc32)cc1. The number of benzene rings is 3. The number of allylic oxidation sites excluding steroid dienone is 2. The summed E-state index contributed by atoms with van der Waals surface area (Å²) in [5, 5.41) is 0. The second-order valence-corrected chi connectivity index (χ2v) is 8.88. The van der Waals surface area contributed by atoms with Crippen molar-refractivity contribution in [3.63, 3.8) is 0 Å². The molecule has 31 heavy (non-hydrogen) atoms. The third kappa shape index (κ3) is 3.29. The first-order valence-electron chi connectivity index (χ1n) is 9.64. The van der Waals surface area contributed by atoms with Crippen LogP contribution in [0.5, 0.6) is 0 Å². The van der Waals surface area contributed by atoms with E-state index in [2.05, 4.69) is 9.38 Å². The van der Waals surface area contributed by atoms with Crippen molar-refractivity contribution in [3.8, 4) is 0 Å². The minimum absolute atomic E-state index is 0.100. The molecule has 6 nitrogen and oxygen atoms in total. The van der Waals surface area contributed by atoms with Crippen molar-refractivity contribution in [1.82, 2.24) is 9.55 Å². The number of Topliss-reactive ketones (excluding diaryl/α,β-unsaturated/α-hetero) is 1. The van der Waals surface area contributed by atoms with Crippen LogP contribution < -0.4 is 0 Å². The Morgan fingerprint density at radius 3 is 2.32 bits per heavy atom. The molecule has 0 atom stereocenters. The lowest BCUT2D eigenvalue weighted by Crippen LogP contribution is -2.20. The van der Waals surface area contributed by atoms with Gasteiger partial charge in [-0.25, -0.2) is 4.98 Å². The third-order valence-electron chi connectivity index (χ3n) is 5.20. The number of aryl methyl sites for hydroxylation is 1. The van der Waals surface area contributed by atoms with Gasteiger partial charge >= 0.3 is 0 Å². The Balaban J connectivity index is 1.72. The first-order chi connectivity index (χ1) is 14.9. The maximum atomic E-state index is 13.3. The number of hydrogen-bond acceptors (Lipinski definition) is 4. The fraction of sp³-hybridized carbons (Fsp3) is 0.0417. The highest BCUT2D eigenvalue weighted by Gasteiger charge is 2.27. The van der Waals surface area contributed by atoms with E-state index in [-0.39, 0.29) is 16.4 Å². The minimum atomic E-state index is -3.96.